The van der Waals surface area contributed by atoms with Gasteiger partial charge in [-0.05, 0) is 18.1 Å². The lowest BCUT2D eigenvalue weighted by Gasteiger charge is -1.99. The SMILES string of the molecule is CC(=O)NCCC=Cc1cnc(C(=O)O)c(Cl)c1. The van der Waals surface area contributed by atoms with Crippen LogP contribution in [0.5, 0.6) is 0 Å². The number of carboxylic acid groups (broad SMARTS) is 1. The summed E-state index contributed by atoms with van der Waals surface area (Å²) in [6.45, 7) is 2.01. The van der Waals surface area contributed by atoms with Crippen molar-refractivity contribution in [2.45, 2.75) is 13.3 Å². The molecule has 96 valence electrons. The molecule has 18 heavy (non-hydrogen) atoms. The first kappa shape index (κ1) is 14.2. The zero-order valence-corrected chi connectivity index (χ0v) is 10.6. The van der Waals surface area contributed by atoms with E-state index in [2.05, 4.69) is 10.3 Å². The molecule has 1 aromatic rings. The van der Waals surface area contributed by atoms with Gasteiger partial charge >= 0.3 is 5.97 Å². The van der Waals surface area contributed by atoms with E-state index in [1.165, 1.54) is 19.2 Å². The molecule has 0 radical (unpaired) electrons. The molecule has 2 N–H and O–H groups in total. The highest BCUT2D eigenvalue weighted by atomic mass is 35.5. The van der Waals surface area contributed by atoms with E-state index in [9.17, 15) is 9.59 Å². The van der Waals surface area contributed by atoms with Crippen LogP contribution in [0.2, 0.25) is 5.02 Å². The third-order valence-corrected chi connectivity index (χ3v) is 2.35. The number of carboxylic acids is 1. The quantitative estimate of drug-likeness (QED) is 0.800. The maximum atomic E-state index is 10.7. The van der Waals surface area contributed by atoms with E-state index in [-0.39, 0.29) is 16.6 Å². The minimum Gasteiger partial charge on any atom is -0.476 e. The fraction of sp³-hybridized carbons (Fsp3) is 0.250. The molecule has 5 nitrogen and oxygen atoms in total. The summed E-state index contributed by atoms with van der Waals surface area (Å²) >= 11 is 5.77. The Morgan fingerprint density at radius 1 is 1.56 bits per heavy atom. The first-order valence-corrected chi connectivity index (χ1v) is 5.68. The first-order valence-electron chi connectivity index (χ1n) is 5.30. The highest BCUT2D eigenvalue weighted by Gasteiger charge is 2.09. The molecule has 0 saturated heterocycles. The Hall–Kier alpha value is -1.88. The molecule has 0 bridgehead atoms. The van der Waals surface area contributed by atoms with Crippen LogP contribution in [0.4, 0.5) is 0 Å². The topological polar surface area (TPSA) is 79.3 Å². The van der Waals surface area contributed by atoms with Crippen molar-refractivity contribution in [3.05, 3.63) is 34.6 Å². The Kier molecular flexibility index (Phi) is 5.32. The molecule has 0 unspecified atom stereocenters. The van der Waals surface area contributed by atoms with Gasteiger partial charge in [-0.15, -0.1) is 0 Å². The van der Waals surface area contributed by atoms with E-state index in [0.717, 1.165) is 0 Å². The zero-order chi connectivity index (χ0) is 13.5. The number of hydrogen-bond acceptors (Lipinski definition) is 3. The first-order chi connectivity index (χ1) is 8.50. The number of nitrogens with one attached hydrogen (secondary N) is 1. The lowest BCUT2D eigenvalue weighted by molar-refractivity contribution is -0.118. The second kappa shape index (κ2) is 6.76. The normalized spacial score (nSPS) is 10.6. The van der Waals surface area contributed by atoms with E-state index < -0.39 is 5.97 Å². The minimum absolute atomic E-state index is 0.0704. The average molecular weight is 269 g/mol. The molecule has 0 aliphatic heterocycles. The summed E-state index contributed by atoms with van der Waals surface area (Å²) in [5, 5.41) is 11.5. The molecule has 1 aromatic heterocycles. The number of carbonyl (C=O) groups is 2. The summed E-state index contributed by atoms with van der Waals surface area (Å²) in [5.74, 6) is -1.22. The molecule has 0 atom stereocenters. The maximum absolute atomic E-state index is 10.7. The van der Waals surface area contributed by atoms with E-state index >= 15 is 0 Å². The fourth-order valence-electron chi connectivity index (χ4n) is 1.25. The summed E-state index contributed by atoms with van der Waals surface area (Å²) in [5.41, 5.74) is 0.555. The van der Waals surface area contributed by atoms with E-state index in [1.54, 1.807) is 6.08 Å². The van der Waals surface area contributed by atoms with Crippen LogP contribution in [0.25, 0.3) is 6.08 Å². The number of rotatable bonds is 5. The van der Waals surface area contributed by atoms with Crippen molar-refractivity contribution < 1.29 is 14.7 Å². The van der Waals surface area contributed by atoms with Gasteiger partial charge in [0.2, 0.25) is 5.91 Å². The van der Waals surface area contributed by atoms with Crippen LogP contribution >= 0.6 is 11.6 Å². The second-order valence-electron chi connectivity index (χ2n) is 3.58. The molecular formula is C12H13ClN2O3. The monoisotopic (exact) mass is 268 g/mol. The zero-order valence-electron chi connectivity index (χ0n) is 9.81. The van der Waals surface area contributed by atoms with Gasteiger partial charge in [0.05, 0.1) is 5.02 Å². The highest BCUT2D eigenvalue weighted by molar-refractivity contribution is 6.33. The molecule has 6 heteroatoms. The highest BCUT2D eigenvalue weighted by Crippen LogP contribution is 2.16. The molecule has 1 rings (SSSR count). The summed E-state index contributed by atoms with van der Waals surface area (Å²) in [6, 6.07) is 1.53. The number of pyridine rings is 1. The van der Waals surface area contributed by atoms with Crippen molar-refractivity contribution >= 4 is 29.6 Å². The molecular weight excluding hydrogens is 256 g/mol. The number of hydrogen-bond donors (Lipinski definition) is 2. The maximum Gasteiger partial charge on any atom is 0.356 e. The van der Waals surface area contributed by atoms with Gasteiger partial charge < -0.3 is 10.4 Å². The van der Waals surface area contributed by atoms with Gasteiger partial charge in [0.25, 0.3) is 0 Å². The van der Waals surface area contributed by atoms with Crippen LogP contribution in [-0.2, 0) is 4.79 Å². The lowest BCUT2D eigenvalue weighted by Crippen LogP contribution is -2.20. The standard InChI is InChI=1S/C12H13ClN2O3/c1-8(16)14-5-3-2-4-9-6-10(13)11(12(17)18)15-7-9/h2,4,6-7H,3,5H2,1H3,(H,14,16)(H,17,18). The van der Waals surface area contributed by atoms with E-state index in [1.807, 2.05) is 6.08 Å². The van der Waals surface area contributed by atoms with Crippen LogP contribution < -0.4 is 5.32 Å². The average Bonchev–Trinajstić information content (AvgIpc) is 2.27. The largest absolute Gasteiger partial charge is 0.476 e. The fourth-order valence-corrected chi connectivity index (χ4v) is 1.51. The molecule has 1 heterocycles. The van der Waals surface area contributed by atoms with Crippen molar-refractivity contribution in [1.82, 2.24) is 10.3 Å². The van der Waals surface area contributed by atoms with Crippen LogP contribution in [0.1, 0.15) is 29.4 Å². The van der Waals surface area contributed by atoms with Gasteiger partial charge in [-0.2, -0.15) is 0 Å². The van der Waals surface area contributed by atoms with Crippen LogP contribution in [0.15, 0.2) is 18.3 Å². The molecule has 1 amide bonds. The summed E-state index contributed by atoms with van der Waals surface area (Å²) in [6.07, 6.45) is 5.73. The third-order valence-electron chi connectivity index (χ3n) is 2.06. The number of halogens is 1. The molecule has 0 spiro atoms. The summed E-state index contributed by atoms with van der Waals surface area (Å²) < 4.78 is 0. The molecule has 0 aliphatic rings. The predicted octanol–water partition coefficient (Wildman–Crippen LogP) is 1.97. The van der Waals surface area contributed by atoms with E-state index in [0.29, 0.717) is 18.5 Å². The van der Waals surface area contributed by atoms with Crippen molar-refractivity contribution in [1.29, 1.82) is 0 Å². The smallest absolute Gasteiger partial charge is 0.356 e. The number of nitrogens with zero attached hydrogens (tertiary/aromatic N) is 1. The molecule has 0 saturated carbocycles. The van der Waals surface area contributed by atoms with Gasteiger partial charge in [0, 0.05) is 19.7 Å². The second-order valence-corrected chi connectivity index (χ2v) is 3.99. The van der Waals surface area contributed by atoms with Gasteiger partial charge in [-0.25, -0.2) is 9.78 Å². The van der Waals surface area contributed by atoms with Crippen molar-refractivity contribution in [3.63, 3.8) is 0 Å². The van der Waals surface area contributed by atoms with Gasteiger partial charge in [0.1, 0.15) is 0 Å². The summed E-state index contributed by atoms with van der Waals surface area (Å²) in [7, 11) is 0. The Balaban J connectivity index is 2.58. The van der Waals surface area contributed by atoms with Crippen molar-refractivity contribution in [2.24, 2.45) is 0 Å². The molecule has 0 aromatic carbocycles. The minimum atomic E-state index is -1.15. The Morgan fingerprint density at radius 3 is 2.83 bits per heavy atom. The molecule has 0 aliphatic carbocycles. The molecule has 0 fully saturated rings. The number of carbonyl (C=O) groups excluding carboxylic acids is 1. The van der Waals surface area contributed by atoms with Gasteiger partial charge in [-0.3, -0.25) is 4.79 Å². The van der Waals surface area contributed by atoms with Crippen LogP contribution in [0, 0.1) is 0 Å². The van der Waals surface area contributed by atoms with E-state index in [4.69, 9.17) is 16.7 Å². The van der Waals surface area contributed by atoms with Gasteiger partial charge in [0.15, 0.2) is 5.69 Å². The van der Waals surface area contributed by atoms with Crippen molar-refractivity contribution in [3.8, 4) is 0 Å². The lowest BCUT2D eigenvalue weighted by atomic mass is 10.2. The van der Waals surface area contributed by atoms with Crippen LogP contribution in [0.3, 0.4) is 0 Å². The summed E-state index contributed by atoms with van der Waals surface area (Å²) in [4.78, 5) is 25.0. The number of aromatic carboxylic acids is 1. The van der Waals surface area contributed by atoms with Crippen LogP contribution in [-0.4, -0.2) is 28.5 Å². The predicted molar refractivity (Wildman–Crippen MR) is 68.5 cm³/mol. The third kappa shape index (κ3) is 4.55. The Morgan fingerprint density at radius 2 is 2.28 bits per heavy atom. The number of aromatic nitrogens is 1. The Bertz CT molecular complexity index is 486. The Labute approximate surface area is 109 Å². The number of amides is 1. The van der Waals surface area contributed by atoms with Gasteiger partial charge in [-0.1, -0.05) is 23.8 Å². The van der Waals surface area contributed by atoms with Crippen molar-refractivity contribution in [2.75, 3.05) is 6.54 Å².